The molecule has 1 heterocycles. The highest BCUT2D eigenvalue weighted by Crippen LogP contribution is 2.26. The predicted octanol–water partition coefficient (Wildman–Crippen LogP) is 3.27. The molecule has 3 nitrogen and oxygen atoms in total. The third kappa shape index (κ3) is 2.88. The van der Waals surface area contributed by atoms with E-state index >= 15 is 0 Å². The molecule has 0 saturated heterocycles. The van der Waals surface area contributed by atoms with Crippen molar-refractivity contribution < 1.29 is 0 Å². The maximum atomic E-state index is 4.34. The van der Waals surface area contributed by atoms with E-state index in [0.717, 1.165) is 17.8 Å². The predicted molar refractivity (Wildman–Crippen MR) is 83.0 cm³/mol. The molecule has 0 amide bonds. The molecule has 1 N–H and O–H groups in total. The molecule has 1 atom stereocenters. The van der Waals surface area contributed by atoms with Crippen molar-refractivity contribution in [2.45, 2.75) is 40.2 Å². The van der Waals surface area contributed by atoms with E-state index in [2.05, 4.69) is 60.6 Å². The zero-order valence-corrected chi connectivity index (χ0v) is 13.0. The zero-order valence-electron chi connectivity index (χ0n) is 13.0. The van der Waals surface area contributed by atoms with E-state index < -0.39 is 0 Å². The largest absolute Gasteiger partial charge is 0.309 e. The van der Waals surface area contributed by atoms with E-state index in [1.807, 2.05) is 14.0 Å². The highest BCUT2D eigenvalue weighted by molar-refractivity contribution is 5.38. The normalized spacial score (nSPS) is 12.4. The van der Waals surface area contributed by atoms with Crippen LogP contribution in [0.25, 0.3) is 0 Å². The van der Waals surface area contributed by atoms with Gasteiger partial charge in [0.15, 0.2) is 0 Å². The molecular weight excluding hydrogens is 246 g/mol. The topological polar surface area (TPSA) is 37.8 Å². The molecule has 0 spiro atoms. The van der Waals surface area contributed by atoms with Crippen molar-refractivity contribution >= 4 is 0 Å². The van der Waals surface area contributed by atoms with Gasteiger partial charge < -0.3 is 5.32 Å². The maximum absolute atomic E-state index is 4.34. The summed E-state index contributed by atoms with van der Waals surface area (Å²) >= 11 is 0. The summed E-state index contributed by atoms with van der Waals surface area (Å²) < 4.78 is 0. The maximum Gasteiger partial charge on any atom is 0.0679 e. The summed E-state index contributed by atoms with van der Waals surface area (Å²) in [5.74, 6) is 0. The van der Waals surface area contributed by atoms with Crippen LogP contribution >= 0.6 is 0 Å². The van der Waals surface area contributed by atoms with Gasteiger partial charge in [-0.15, -0.1) is 0 Å². The summed E-state index contributed by atoms with van der Waals surface area (Å²) in [6, 6.07) is 8.94. The molecule has 1 unspecified atom stereocenters. The fraction of sp³-hybridized carbons (Fsp3) is 0.412. The highest BCUT2D eigenvalue weighted by atomic mass is 15.1. The Kier molecular flexibility index (Phi) is 4.50. The van der Waals surface area contributed by atoms with Crippen LogP contribution in [-0.2, 0) is 6.42 Å². The molecule has 106 valence electrons. The Morgan fingerprint density at radius 1 is 1.05 bits per heavy atom. The van der Waals surface area contributed by atoms with Gasteiger partial charge in [0.05, 0.1) is 17.4 Å². The zero-order chi connectivity index (χ0) is 14.7. The minimum Gasteiger partial charge on any atom is -0.309 e. The molecule has 2 aromatic rings. The van der Waals surface area contributed by atoms with E-state index in [4.69, 9.17) is 0 Å². The van der Waals surface area contributed by atoms with Gasteiger partial charge in [-0.3, -0.25) is 0 Å². The average molecular weight is 269 g/mol. The second kappa shape index (κ2) is 6.14. The first-order valence-electron chi connectivity index (χ1n) is 7.14. The lowest BCUT2D eigenvalue weighted by Gasteiger charge is -2.20. The standard InChI is InChI=1S/C17H23N3/c1-6-16-15(10-13(4)19-20-16)17(18-5)14-8-7-11(2)12(3)9-14/h7-10,17-18H,6H2,1-5H3. The summed E-state index contributed by atoms with van der Waals surface area (Å²) in [7, 11) is 2.00. The lowest BCUT2D eigenvalue weighted by atomic mass is 9.94. The van der Waals surface area contributed by atoms with Crippen LogP contribution < -0.4 is 5.32 Å². The van der Waals surface area contributed by atoms with Crippen LogP contribution in [-0.4, -0.2) is 17.2 Å². The van der Waals surface area contributed by atoms with E-state index in [9.17, 15) is 0 Å². The van der Waals surface area contributed by atoms with Gasteiger partial charge in [-0.25, -0.2) is 0 Å². The number of hydrogen-bond acceptors (Lipinski definition) is 3. The molecule has 0 bridgehead atoms. The van der Waals surface area contributed by atoms with E-state index in [0.29, 0.717) is 0 Å². The third-order valence-electron chi connectivity index (χ3n) is 3.82. The molecule has 3 heteroatoms. The van der Waals surface area contributed by atoms with Crippen LogP contribution in [0.5, 0.6) is 0 Å². The van der Waals surface area contributed by atoms with Gasteiger partial charge in [-0.1, -0.05) is 25.1 Å². The molecule has 0 aliphatic rings. The Bertz CT molecular complexity index is 605. The van der Waals surface area contributed by atoms with Crippen molar-refractivity contribution in [3.8, 4) is 0 Å². The van der Waals surface area contributed by atoms with Gasteiger partial charge in [0.2, 0.25) is 0 Å². The quantitative estimate of drug-likeness (QED) is 0.925. The Morgan fingerprint density at radius 3 is 2.40 bits per heavy atom. The number of nitrogens with zero attached hydrogens (tertiary/aromatic N) is 2. The molecule has 0 fully saturated rings. The molecule has 2 rings (SSSR count). The Balaban J connectivity index is 2.51. The monoisotopic (exact) mass is 269 g/mol. The second-order valence-corrected chi connectivity index (χ2v) is 5.31. The molecule has 0 aliphatic heterocycles. The van der Waals surface area contributed by atoms with Crippen molar-refractivity contribution in [1.29, 1.82) is 0 Å². The fourth-order valence-corrected chi connectivity index (χ4v) is 2.50. The van der Waals surface area contributed by atoms with Crippen LogP contribution in [0.15, 0.2) is 24.3 Å². The first-order valence-corrected chi connectivity index (χ1v) is 7.14. The van der Waals surface area contributed by atoms with Crippen molar-refractivity contribution in [3.63, 3.8) is 0 Å². The third-order valence-corrected chi connectivity index (χ3v) is 3.82. The van der Waals surface area contributed by atoms with E-state index in [1.165, 1.54) is 22.3 Å². The van der Waals surface area contributed by atoms with Gasteiger partial charge in [-0.05, 0) is 62.6 Å². The van der Waals surface area contributed by atoms with Gasteiger partial charge >= 0.3 is 0 Å². The van der Waals surface area contributed by atoms with Crippen LogP contribution in [0.2, 0.25) is 0 Å². The first-order chi connectivity index (χ1) is 9.56. The summed E-state index contributed by atoms with van der Waals surface area (Å²) in [5, 5.41) is 11.9. The van der Waals surface area contributed by atoms with Gasteiger partial charge in [0.1, 0.15) is 0 Å². The molecule has 1 aromatic carbocycles. The molecule has 0 radical (unpaired) electrons. The summed E-state index contributed by atoms with van der Waals surface area (Å²) in [6.45, 7) is 8.41. The second-order valence-electron chi connectivity index (χ2n) is 5.31. The minimum absolute atomic E-state index is 0.165. The van der Waals surface area contributed by atoms with Crippen LogP contribution in [0.4, 0.5) is 0 Å². The highest BCUT2D eigenvalue weighted by Gasteiger charge is 2.17. The van der Waals surface area contributed by atoms with Crippen LogP contribution in [0.3, 0.4) is 0 Å². The van der Waals surface area contributed by atoms with Crippen molar-refractivity contribution in [2.75, 3.05) is 7.05 Å². The number of hydrogen-bond donors (Lipinski definition) is 1. The smallest absolute Gasteiger partial charge is 0.0679 e. The lowest BCUT2D eigenvalue weighted by Crippen LogP contribution is -2.20. The SMILES string of the molecule is CCc1nnc(C)cc1C(NC)c1ccc(C)c(C)c1. The van der Waals surface area contributed by atoms with Crippen molar-refractivity contribution in [2.24, 2.45) is 0 Å². The van der Waals surface area contributed by atoms with Crippen LogP contribution in [0.1, 0.15) is 46.6 Å². The summed E-state index contributed by atoms with van der Waals surface area (Å²) in [5.41, 5.74) is 7.17. The van der Waals surface area contributed by atoms with Gasteiger partial charge in [0, 0.05) is 0 Å². The minimum atomic E-state index is 0.165. The summed E-state index contributed by atoms with van der Waals surface area (Å²) in [6.07, 6.45) is 0.894. The number of aryl methyl sites for hydroxylation is 4. The molecule has 0 saturated carbocycles. The van der Waals surface area contributed by atoms with Crippen molar-refractivity contribution in [3.05, 3.63) is 57.9 Å². The number of aromatic nitrogens is 2. The molecule has 1 aromatic heterocycles. The lowest BCUT2D eigenvalue weighted by molar-refractivity contribution is 0.668. The Hall–Kier alpha value is -1.74. The van der Waals surface area contributed by atoms with E-state index in [-0.39, 0.29) is 6.04 Å². The van der Waals surface area contributed by atoms with E-state index in [1.54, 1.807) is 0 Å². The average Bonchev–Trinajstić information content (AvgIpc) is 2.44. The van der Waals surface area contributed by atoms with Crippen LogP contribution in [0, 0.1) is 20.8 Å². The van der Waals surface area contributed by atoms with Crippen molar-refractivity contribution in [1.82, 2.24) is 15.5 Å². The summed E-state index contributed by atoms with van der Waals surface area (Å²) in [4.78, 5) is 0. The van der Waals surface area contributed by atoms with Gasteiger partial charge in [-0.2, -0.15) is 10.2 Å². The fourth-order valence-electron chi connectivity index (χ4n) is 2.50. The molecular formula is C17H23N3. The van der Waals surface area contributed by atoms with Gasteiger partial charge in [0.25, 0.3) is 0 Å². The Morgan fingerprint density at radius 2 is 1.80 bits per heavy atom. The first kappa shape index (κ1) is 14.7. The molecule has 20 heavy (non-hydrogen) atoms. The molecule has 0 aliphatic carbocycles. The number of nitrogens with one attached hydrogen (secondary N) is 1. The number of benzene rings is 1. The number of rotatable bonds is 4. The Labute approximate surface area is 121 Å².